The highest BCUT2D eigenvalue weighted by Gasteiger charge is 2.36. The molecule has 1 amide bonds. The average molecular weight is 399 g/mol. The van der Waals surface area contributed by atoms with Crippen molar-refractivity contribution in [3.63, 3.8) is 0 Å². The fourth-order valence-electron chi connectivity index (χ4n) is 3.86. The maximum Gasteiger partial charge on any atom is 0.228 e. The van der Waals surface area contributed by atoms with E-state index < -0.39 is 5.41 Å². The highest BCUT2D eigenvalue weighted by atomic mass is 16.5. The van der Waals surface area contributed by atoms with E-state index in [0.717, 1.165) is 16.7 Å². The van der Waals surface area contributed by atoms with E-state index in [4.69, 9.17) is 9.47 Å². The number of carbonyl (C=O) groups is 1. The molecule has 1 unspecified atom stereocenters. The maximum absolute atomic E-state index is 13.2. The summed E-state index contributed by atoms with van der Waals surface area (Å²) in [5, 5.41) is 20.5. The van der Waals surface area contributed by atoms with Crippen molar-refractivity contribution in [2.45, 2.75) is 39.7 Å². The summed E-state index contributed by atoms with van der Waals surface area (Å²) in [5.41, 5.74) is 2.32. The Balaban J connectivity index is 2.05. The molecule has 0 bridgehead atoms. The molecule has 2 aromatic carbocycles. The SMILES string of the molecule is COc1ccc(CC2c3cc(O)c(OC)cc3CCN2C(=O)C(C)(C)C)cc1O. The van der Waals surface area contributed by atoms with Crippen molar-refractivity contribution in [2.24, 2.45) is 5.41 Å². The van der Waals surface area contributed by atoms with Crippen LogP contribution in [0.4, 0.5) is 0 Å². The first kappa shape index (κ1) is 20.8. The zero-order valence-corrected chi connectivity index (χ0v) is 17.7. The molecule has 0 saturated heterocycles. The number of hydrogen-bond acceptors (Lipinski definition) is 5. The van der Waals surface area contributed by atoms with Gasteiger partial charge in [-0.1, -0.05) is 26.8 Å². The van der Waals surface area contributed by atoms with Crippen LogP contribution in [0.3, 0.4) is 0 Å². The van der Waals surface area contributed by atoms with E-state index in [1.165, 1.54) is 14.2 Å². The smallest absolute Gasteiger partial charge is 0.228 e. The molecule has 0 radical (unpaired) electrons. The second-order valence-corrected chi connectivity index (χ2v) is 8.45. The van der Waals surface area contributed by atoms with Crippen LogP contribution < -0.4 is 9.47 Å². The predicted molar refractivity (Wildman–Crippen MR) is 111 cm³/mol. The molecule has 29 heavy (non-hydrogen) atoms. The Morgan fingerprint density at radius 1 is 1.07 bits per heavy atom. The Bertz CT molecular complexity index is 916. The normalized spacial score (nSPS) is 16.3. The molecule has 1 heterocycles. The number of phenolic OH excluding ortho intramolecular Hbond substituents is 2. The van der Waals surface area contributed by atoms with Crippen LogP contribution in [0.2, 0.25) is 0 Å². The summed E-state index contributed by atoms with van der Waals surface area (Å²) in [6, 6.07) is 8.56. The number of amides is 1. The minimum absolute atomic E-state index is 0.0545. The van der Waals surface area contributed by atoms with Crippen molar-refractivity contribution in [3.05, 3.63) is 47.0 Å². The van der Waals surface area contributed by atoms with Crippen LogP contribution in [-0.4, -0.2) is 41.8 Å². The Hall–Kier alpha value is -2.89. The van der Waals surface area contributed by atoms with Crippen LogP contribution in [0.1, 0.15) is 43.5 Å². The van der Waals surface area contributed by atoms with Crippen molar-refractivity contribution >= 4 is 5.91 Å². The third-order valence-corrected chi connectivity index (χ3v) is 5.37. The Labute approximate surface area is 171 Å². The van der Waals surface area contributed by atoms with Gasteiger partial charge in [-0.2, -0.15) is 0 Å². The molecule has 1 atom stereocenters. The lowest BCUT2D eigenvalue weighted by Gasteiger charge is -2.41. The average Bonchev–Trinajstić information content (AvgIpc) is 2.67. The van der Waals surface area contributed by atoms with Gasteiger partial charge in [0.15, 0.2) is 23.0 Å². The monoisotopic (exact) mass is 399 g/mol. The van der Waals surface area contributed by atoms with Crippen molar-refractivity contribution < 1.29 is 24.5 Å². The lowest BCUT2D eigenvalue weighted by molar-refractivity contribution is -0.142. The molecule has 156 valence electrons. The maximum atomic E-state index is 13.2. The molecule has 0 aliphatic carbocycles. The molecule has 2 aromatic rings. The van der Waals surface area contributed by atoms with Crippen LogP contribution in [0.5, 0.6) is 23.0 Å². The highest BCUT2D eigenvalue weighted by molar-refractivity contribution is 5.82. The fraction of sp³-hybridized carbons (Fsp3) is 0.435. The summed E-state index contributed by atoms with van der Waals surface area (Å²) in [7, 11) is 3.03. The number of carbonyl (C=O) groups excluding carboxylic acids is 1. The Morgan fingerprint density at radius 2 is 1.72 bits per heavy atom. The fourth-order valence-corrected chi connectivity index (χ4v) is 3.86. The van der Waals surface area contributed by atoms with Gasteiger partial charge in [0.1, 0.15) is 0 Å². The number of rotatable bonds is 4. The van der Waals surface area contributed by atoms with E-state index in [0.29, 0.717) is 30.9 Å². The number of fused-ring (bicyclic) bond motifs is 1. The molecular weight excluding hydrogens is 370 g/mol. The van der Waals surface area contributed by atoms with E-state index in [1.807, 2.05) is 37.8 Å². The quantitative estimate of drug-likeness (QED) is 0.817. The molecule has 2 N–H and O–H groups in total. The number of phenols is 2. The van der Waals surface area contributed by atoms with Gasteiger partial charge >= 0.3 is 0 Å². The molecule has 0 aromatic heterocycles. The minimum atomic E-state index is -0.522. The Morgan fingerprint density at radius 3 is 2.31 bits per heavy atom. The van der Waals surface area contributed by atoms with Crippen molar-refractivity contribution in [2.75, 3.05) is 20.8 Å². The van der Waals surface area contributed by atoms with Gasteiger partial charge in [0, 0.05) is 12.0 Å². The first-order valence-corrected chi connectivity index (χ1v) is 9.72. The van der Waals surface area contributed by atoms with Gasteiger partial charge in [-0.15, -0.1) is 0 Å². The number of benzene rings is 2. The van der Waals surface area contributed by atoms with E-state index in [-0.39, 0.29) is 23.4 Å². The number of aromatic hydroxyl groups is 2. The third-order valence-electron chi connectivity index (χ3n) is 5.37. The van der Waals surface area contributed by atoms with Crippen LogP contribution >= 0.6 is 0 Å². The second kappa shape index (κ2) is 7.85. The van der Waals surface area contributed by atoms with Crippen molar-refractivity contribution in [1.82, 2.24) is 4.90 Å². The minimum Gasteiger partial charge on any atom is -0.504 e. The lowest BCUT2D eigenvalue weighted by Crippen LogP contribution is -2.46. The zero-order chi connectivity index (χ0) is 21.3. The highest BCUT2D eigenvalue weighted by Crippen LogP contribution is 2.41. The molecular formula is C23H29NO5. The summed E-state index contributed by atoms with van der Waals surface area (Å²) < 4.78 is 10.4. The number of hydrogen-bond donors (Lipinski definition) is 2. The topological polar surface area (TPSA) is 79.2 Å². The molecule has 0 fully saturated rings. The first-order valence-electron chi connectivity index (χ1n) is 9.72. The third kappa shape index (κ3) is 4.11. The van der Waals surface area contributed by atoms with Gasteiger partial charge < -0.3 is 24.6 Å². The number of nitrogens with zero attached hydrogens (tertiary/aromatic N) is 1. The van der Waals surface area contributed by atoms with Crippen molar-refractivity contribution in [3.8, 4) is 23.0 Å². The van der Waals surface area contributed by atoms with Gasteiger partial charge in [0.25, 0.3) is 0 Å². The van der Waals surface area contributed by atoms with Gasteiger partial charge in [-0.25, -0.2) is 0 Å². The zero-order valence-electron chi connectivity index (χ0n) is 17.7. The summed E-state index contributed by atoms with van der Waals surface area (Å²) in [6.45, 7) is 6.32. The number of methoxy groups -OCH3 is 2. The standard InChI is InChI=1S/C23H29NO5/c1-23(2,3)22(27)24-9-8-15-12-21(29-5)19(26)13-16(15)17(24)10-14-6-7-20(28-4)18(25)11-14/h6-7,11-13,17,25-26H,8-10H2,1-5H3. The molecule has 1 aliphatic heterocycles. The summed E-state index contributed by atoms with van der Waals surface area (Å²) >= 11 is 0. The van der Waals surface area contributed by atoms with Gasteiger partial charge in [-0.05, 0) is 53.8 Å². The van der Waals surface area contributed by atoms with E-state index in [9.17, 15) is 15.0 Å². The van der Waals surface area contributed by atoms with Crippen LogP contribution in [0.25, 0.3) is 0 Å². The molecule has 0 spiro atoms. The van der Waals surface area contributed by atoms with Crippen LogP contribution in [0.15, 0.2) is 30.3 Å². The molecule has 6 nitrogen and oxygen atoms in total. The largest absolute Gasteiger partial charge is 0.504 e. The molecule has 6 heteroatoms. The van der Waals surface area contributed by atoms with Crippen LogP contribution in [-0.2, 0) is 17.6 Å². The van der Waals surface area contributed by atoms with Gasteiger partial charge in [0.05, 0.1) is 20.3 Å². The van der Waals surface area contributed by atoms with E-state index in [2.05, 4.69) is 0 Å². The number of ether oxygens (including phenoxy) is 2. The van der Waals surface area contributed by atoms with Gasteiger partial charge in [0.2, 0.25) is 5.91 Å². The van der Waals surface area contributed by atoms with Crippen molar-refractivity contribution in [1.29, 1.82) is 0 Å². The molecule has 0 saturated carbocycles. The lowest BCUT2D eigenvalue weighted by atomic mass is 9.85. The molecule has 3 rings (SSSR count). The molecule has 1 aliphatic rings. The van der Waals surface area contributed by atoms with Gasteiger partial charge in [-0.3, -0.25) is 4.79 Å². The predicted octanol–water partition coefficient (Wildman–Crippen LogP) is 3.83. The van der Waals surface area contributed by atoms with E-state index >= 15 is 0 Å². The summed E-state index contributed by atoms with van der Waals surface area (Å²) in [5.74, 6) is 1.01. The van der Waals surface area contributed by atoms with E-state index in [1.54, 1.807) is 18.2 Å². The second-order valence-electron chi connectivity index (χ2n) is 8.45. The summed E-state index contributed by atoms with van der Waals surface area (Å²) in [6.07, 6.45) is 1.20. The summed E-state index contributed by atoms with van der Waals surface area (Å²) in [4.78, 5) is 15.1. The van der Waals surface area contributed by atoms with Crippen LogP contribution in [0, 0.1) is 5.41 Å². The first-order chi connectivity index (χ1) is 13.7. The Kier molecular flexibility index (Phi) is 5.64.